The first-order chi connectivity index (χ1) is 7.65. The number of aliphatic hydroxyl groups excluding tert-OH is 1. The van der Waals surface area contributed by atoms with Crippen LogP contribution in [0.5, 0.6) is 0 Å². The van der Waals surface area contributed by atoms with E-state index >= 15 is 0 Å². The van der Waals surface area contributed by atoms with E-state index in [0.717, 1.165) is 12.0 Å². The maximum absolute atomic E-state index is 10.4. The molecule has 1 atom stereocenters. The van der Waals surface area contributed by atoms with Crippen LogP contribution in [0.4, 0.5) is 5.69 Å². The van der Waals surface area contributed by atoms with E-state index in [1.54, 1.807) is 12.1 Å². The second kappa shape index (κ2) is 4.61. The van der Waals surface area contributed by atoms with E-state index in [4.69, 9.17) is 0 Å². The lowest BCUT2D eigenvalue weighted by Crippen LogP contribution is -2.11. The van der Waals surface area contributed by atoms with Crippen molar-refractivity contribution in [3.05, 3.63) is 39.9 Å². The maximum Gasteiger partial charge on any atom is 0.269 e. The summed E-state index contributed by atoms with van der Waals surface area (Å²) >= 11 is 0. The molecule has 1 saturated carbocycles. The summed E-state index contributed by atoms with van der Waals surface area (Å²) in [5.74, 6) is 0.702. The summed E-state index contributed by atoms with van der Waals surface area (Å²) in [6, 6.07) is 6.40. The van der Waals surface area contributed by atoms with Gasteiger partial charge in [-0.1, -0.05) is 25.0 Å². The molecule has 2 rings (SSSR count). The Morgan fingerprint density at radius 2 is 2.00 bits per heavy atom. The summed E-state index contributed by atoms with van der Waals surface area (Å²) in [6.45, 7) is 0. The fourth-order valence-electron chi connectivity index (χ4n) is 1.85. The van der Waals surface area contributed by atoms with Gasteiger partial charge in [-0.2, -0.15) is 0 Å². The number of nitro groups is 1. The Bertz CT molecular complexity index is 370. The minimum atomic E-state index is -0.412. The van der Waals surface area contributed by atoms with Gasteiger partial charge in [-0.05, 0) is 24.3 Å². The summed E-state index contributed by atoms with van der Waals surface area (Å²) < 4.78 is 0. The zero-order chi connectivity index (χ0) is 11.5. The Labute approximate surface area is 94.1 Å². The van der Waals surface area contributed by atoms with Crippen molar-refractivity contribution >= 4 is 5.69 Å². The molecule has 0 amide bonds. The van der Waals surface area contributed by atoms with E-state index in [2.05, 4.69) is 0 Å². The Balaban J connectivity index is 1.90. The molecule has 16 heavy (non-hydrogen) atoms. The third kappa shape index (κ3) is 3.03. The molecule has 1 aromatic carbocycles. The Hall–Kier alpha value is -1.42. The first-order valence-corrected chi connectivity index (χ1v) is 5.56. The number of rotatable bonds is 5. The third-order valence-electron chi connectivity index (χ3n) is 2.92. The van der Waals surface area contributed by atoms with Crippen molar-refractivity contribution in [1.29, 1.82) is 0 Å². The number of benzene rings is 1. The molecule has 4 nitrogen and oxygen atoms in total. The van der Waals surface area contributed by atoms with Crippen LogP contribution in [0.2, 0.25) is 0 Å². The van der Waals surface area contributed by atoms with E-state index in [1.165, 1.54) is 25.0 Å². The van der Waals surface area contributed by atoms with Gasteiger partial charge in [-0.3, -0.25) is 10.1 Å². The quantitative estimate of drug-likeness (QED) is 0.613. The van der Waals surface area contributed by atoms with Crippen molar-refractivity contribution in [1.82, 2.24) is 0 Å². The highest BCUT2D eigenvalue weighted by atomic mass is 16.6. The van der Waals surface area contributed by atoms with Crippen LogP contribution in [0.1, 0.15) is 24.8 Å². The van der Waals surface area contributed by atoms with E-state index < -0.39 is 4.92 Å². The molecule has 4 heteroatoms. The van der Waals surface area contributed by atoms with Crippen molar-refractivity contribution in [3.8, 4) is 0 Å². The zero-order valence-electron chi connectivity index (χ0n) is 9.00. The minimum absolute atomic E-state index is 0.0976. The van der Waals surface area contributed by atoms with Gasteiger partial charge in [0.05, 0.1) is 11.0 Å². The summed E-state index contributed by atoms with van der Waals surface area (Å²) in [5, 5.41) is 20.2. The summed E-state index contributed by atoms with van der Waals surface area (Å²) in [7, 11) is 0. The van der Waals surface area contributed by atoms with Gasteiger partial charge in [0.1, 0.15) is 0 Å². The lowest BCUT2D eigenvalue weighted by atomic mass is 10.0. The van der Waals surface area contributed by atoms with Gasteiger partial charge in [0.25, 0.3) is 5.69 Å². The number of nitro benzene ring substituents is 1. The van der Waals surface area contributed by atoms with Crippen LogP contribution in [0, 0.1) is 16.0 Å². The Morgan fingerprint density at radius 3 is 2.50 bits per heavy atom. The summed E-state index contributed by atoms with van der Waals surface area (Å²) in [5.41, 5.74) is 1.05. The molecule has 0 aromatic heterocycles. The average molecular weight is 221 g/mol. The van der Waals surface area contributed by atoms with Gasteiger partial charge in [-0.15, -0.1) is 0 Å². The molecule has 1 aliphatic carbocycles. The van der Waals surface area contributed by atoms with Crippen LogP contribution in [0.15, 0.2) is 24.3 Å². The highest BCUT2D eigenvalue weighted by Crippen LogP contribution is 2.34. The second-order valence-corrected chi connectivity index (χ2v) is 4.46. The molecule has 1 aliphatic rings. The molecule has 0 saturated heterocycles. The van der Waals surface area contributed by atoms with Crippen molar-refractivity contribution in [3.63, 3.8) is 0 Å². The average Bonchev–Trinajstić information content (AvgIpc) is 3.02. The van der Waals surface area contributed by atoms with Gasteiger partial charge >= 0.3 is 0 Å². The number of non-ortho nitro benzene ring substituents is 1. The smallest absolute Gasteiger partial charge is 0.269 e. The van der Waals surface area contributed by atoms with Gasteiger partial charge in [0.2, 0.25) is 0 Å². The van der Waals surface area contributed by atoms with Gasteiger partial charge in [0.15, 0.2) is 0 Å². The van der Waals surface area contributed by atoms with Crippen LogP contribution >= 0.6 is 0 Å². The molecule has 0 radical (unpaired) electrons. The van der Waals surface area contributed by atoms with Crippen LogP contribution < -0.4 is 0 Å². The first kappa shape index (κ1) is 11.1. The summed E-state index contributed by atoms with van der Waals surface area (Å²) in [6.07, 6.45) is 3.61. The summed E-state index contributed by atoms with van der Waals surface area (Å²) in [4.78, 5) is 10.0. The fourth-order valence-corrected chi connectivity index (χ4v) is 1.85. The van der Waals surface area contributed by atoms with Gasteiger partial charge in [-0.25, -0.2) is 0 Å². The zero-order valence-corrected chi connectivity index (χ0v) is 9.00. The molecule has 86 valence electrons. The molecule has 1 N–H and O–H groups in total. The lowest BCUT2D eigenvalue weighted by Gasteiger charge is -2.09. The number of hydrogen-bond donors (Lipinski definition) is 1. The number of nitrogens with zero attached hydrogens (tertiary/aromatic N) is 1. The molecule has 1 aromatic rings. The van der Waals surface area contributed by atoms with Crippen molar-refractivity contribution in [2.24, 2.45) is 5.92 Å². The number of hydrogen-bond acceptors (Lipinski definition) is 3. The second-order valence-electron chi connectivity index (χ2n) is 4.46. The third-order valence-corrected chi connectivity index (χ3v) is 2.92. The standard InChI is InChI=1S/C12H15NO3/c14-12(7-9-1-2-9)8-10-3-5-11(6-4-10)13(15)16/h3-6,9,12,14H,1-2,7-8H2. The maximum atomic E-state index is 10.4. The van der Waals surface area contributed by atoms with Crippen molar-refractivity contribution in [2.75, 3.05) is 0 Å². The van der Waals surface area contributed by atoms with Crippen molar-refractivity contribution < 1.29 is 10.0 Å². The van der Waals surface area contributed by atoms with Crippen LogP contribution in [0.3, 0.4) is 0 Å². The molecule has 0 bridgehead atoms. The fraction of sp³-hybridized carbons (Fsp3) is 0.500. The Morgan fingerprint density at radius 1 is 1.38 bits per heavy atom. The van der Waals surface area contributed by atoms with Gasteiger partial charge in [0, 0.05) is 12.1 Å². The number of aliphatic hydroxyl groups is 1. The van der Waals surface area contributed by atoms with Crippen LogP contribution in [0.25, 0.3) is 0 Å². The monoisotopic (exact) mass is 221 g/mol. The predicted octanol–water partition coefficient (Wildman–Crippen LogP) is 2.30. The normalized spacial score (nSPS) is 17.1. The molecule has 1 fully saturated rings. The van der Waals surface area contributed by atoms with Crippen molar-refractivity contribution in [2.45, 2.75) is 31.8 Å². The van der Waals surface area contributed by atoms with Crippen LogP contribution in [-0.2, 0) is 6.42 Å². The lowest BCUT2D eigenvalue weighted by molar-refractivity contribution is -0.384. The topological polar surface area (TPSA) is 63.4 Å². The molecule has 1 unspecified atom stereocenters. The first-order valence-electron chi connectivity index (χ1n) is 5.56. The van der Waals surface area contributed by atoms with E-state index in [-0.39, 0.29) is 11.8 Å². The van der Waals surface area contributed by atoms with E-state index in [1.807, 2.05) is 0 Å². The largest absolute Gasteiger partial charge is 0.393 e. The highest BCUT2D eigenvalue weighted by molar-refractivity contribution is 5.33. The highest BCUT2D eigenvalue weighted by Gasteiger charge is 2.24. The van der Waals surface area contributed by atoms with Gasteiger partial charge < -0.3 is 5.11 Å². The predicted molar refractivity (Wildman–Crippen MR) is 60.1 cm³/mol. The van der Waals surface area contributed by atoms with Crippen LogP contribution in [-0.4, -0.2) is 16.1 Å². The molecule has 0 aliphatic heterocycles. The molecule has 0 heterocycles. The minimum Gasteiger partial charge on any atom is -0.393 e. The Kier molecular flexibility index (Phi) is 3.19. The molecular formula is C12H15NO3. The SMILES string of the molecule is O=[N+]([O-])c1ccc(CC(O)CC2CC2)cc1. The molecular weight excluding hydrogens is 206 g/mol. The van der Waals surface area contributed by atoms with E-state index in [0.29, 0.717) is 12.3 Å². The molecule has 0 spiro atoms. The van der Waals surface area contributed by atoms with E-state index in [9.17, 15) is 15.2 Å².